The highest BCUT2D eigenvalue weighted by molar-refractivity contribution is 5.86. The normalized spacial score (nSPS) is 17.2. The molecule has 0 aromatic heterocycles. The highest BCUT2D eigenvalue weighted by Crippen LogP contribution is 2.19. The van der Waals surface area contributed by atoms with Gasteiger partial charge in [0.2, 0.25) is 5.91 Å². The van der Waals surface area contributed by atoms with E-state index in [-0.39, 0.29) is 11.8 Å². The van der Waals surface area contributed by atoms with Gasteiger partial charge >= 0.3 is 6.09 Å². The van der Waals surface area contributed by atoms with E-state index in [1.54, 1.807) is 20.8 Å². The van der Waals surface area contributed by atoms with E-state index in [9.17, 15) is 9.59 Å². The second-order valence-corrected chi connectivity index (χ2v) is 6.15. The average Bonchev–Trinajstić information content (AvgIpc) is 2.94. The van der Waals surface area contributed by atoms with Gasteiger partial charge in [-0.25, -0.2) is 4.79 Å². The van der Waals surface area contributed by atoms with Crippen molar-refractivity contribution in [3.8, 4) is 0 Å². The third-order valence-electron chi connectivity index (χ3n) is 2.55. The molecule has 0 aromatic carbocycles. The number of amides is 2. The summed E-state index contributed by atoms with van der Waals surface area (Å²) in [6.45, 7) is 9.17. The van der Waals surface area contributed by atoms with Gasteiger partial charge in [-0.1, -0.05) is 13.8 Å². The second kappa shape index (κ2) is 5.59. The Morgan fingerprint density at radius 3 is 2.17 bits per heavy atom. The third-order valence-corrected chi connectivity index (χ3v) is 2.55. The van der Waals surface area contributed by atoms with Gasteiger partial charge in [0.15, 0.2) is 0 Å². The lowest BCUT2D eigenvalue weighted by Crippen LogP contribution is -2.51. The molecule has 5 heteroatoms. The minimum Gasteiger partial charge on any atom is -0.444 e. The minimum atomic E-state index is -0.557. The molecule has 18 heavy (non-hydrogen) atoms. The molecule has 104 valence electrons. The fraction of sp³-hybridized carbons (Fsp3) is 0.846. The Balaban J connectivity index is 2.51. The quantitative estimate of drug-likeness (QED) is 0.806. The number of nitrogens with one attached hydrogen (secondary N) is 2. The van der Waals surface area contributed by atoms with Crippen LogP contribution in [0.5, 0.6) is 0 Å². The molecular weight excluding hydrogens is 232 g/mol. The van der Waals surface area contributed by atoms with Crippen molar-refractivity contribution in [2.24, 2.45) is 5.92 Å². The van der Waals surface area contributed by atoms with Crippen molar-refractivity contribution in [1.29, 1.82) is 0 Å². The molecule has 0 aromatic rings. The van der Waals surface area contributed by atoms with E-state index in [1.165, 1.54) is 0 Å². The van der Waals surface area contributed by atoms with Crippen LogP contribution < -0.4 is 10.6 Å². The van der Waals surface area contributed by atoms with Crippen LogP contribution in [0, 0.1) is 5.92 Å². The Kier molecular flexibility index (Phi) is 4.59. The van der Waals surface area contributed by atoms with Crippen LogP contribution in [-0.4, -0.2) is 29.7 Å². The lowest BCUT2D eigenvalue weighted by molar-refractivity contribution is -0.124. The summed E-state index contributed by atoms with van der Waals surface area (Å²) < 4.78 is 5.16. The molecule has 0 bridgehead atoms. The van der Waals surface area contributed by atoms with Gasteiger partial charge in [-0.3, -0.25) is 4.79 Å². The highest BCUT2D eigenvalue weighted by atomic mass is 16.6. The van der Waals surface area contributed by atoms with E-state index in [0.717, 1.165) is 12.8 Å². The first-order chi connectivity index (χ1) is 8.19. The fourth-order valence-corrected chi connectivity index (χ4v) is 1.49. The Morgan fingerprint density at radius 1 is 1.22 bits per heavy atom. The number of hydrogen-bond donors (Lipinski definition) is 2. The van der Waals surface area contributed by atoms with E-state index in [4.69, 9.17) is 4.74 Å². The van der Waals surface area contributed by atoms with Gasteiger partial charge in [-0.2, -0.15) is 0 Å². The van der Waals surface area contributed by atoms with Gasteiger partial charge in [0.05, 0.1) is 0 Å². The average molecular weight is 256 g/mol. The fourth-order valence-electron chi connectivity index (χ4n) is 1.49. The summed E-state index contributed by atoms with van der Waals surface area (Å²) in [5.74, 6) is -0.102. The SMILES string of the molecule is CC(C)[C@H](NC(=O)OC(C)(C)C)C(=O)NC1CC1. The minimum absolute atomic E-state index is 0.0243. The second-order valence-electron chi connectivity index (χ2n) is 6.15. The van der Waals surface area contributed by atoms with Crippen molar-refractivity contribution in [3.63, 3.8) is 0 Å². The lowest BCUT2D eigenvalue weighted by Gasteiger charge is -2.25. The predicted octanol–water partition coefficient (Wildman–Crippen LogP) is 1.81. The number of alkyl carbamates (subject to hydrolysis) is 1. The van der Waals surface area contributed by atoms with Crippen LogP contribution in [0.4, 0.5) is 4.79 Å². The van der Waals surface area contributed by atoms with Gasteiger partial charge in [0.25, 0.3) is 0 Å². The molecule has 1 saturated carbocycles. The zero-order chi connectivity index (χ0) is 13.9. The predicted molar refractivity (Wildman–Crippen MR) is 69.2 cm³/mol. The van der Waals surface area contributed by atoms with Crippen molar-refractivity contribution in [2.75, 3.05) is 0 Å². The molecule has 1 atom stereocenters. The number of carbonyl (C=O) groups excluding carboxylic acids is 2. The third kappa shape index (κ3) is 5.38. The van der Waals surface area contributed by atoms with E-state index in [0.29, 0.717) is 6.04 Å². The highest BCUT2D eigenvalue weighted by Gasteiger charge is 2.31. The first kappa shape index (κ1) is 14.8. The molecule has 0 spiro atoms. The van der Waals surface area contributed by atoms with Crippen LogP contribution in [0.3, 0.4) is 0 Å². The molecule has 0 heterocycles. The van der Waals surface area contributed by atoms with Gasteiger partial charge in [0.1, 0.15) is 11.6 Å². The number of ether oxygens (including phenoxy) is 1. The van der Waals surface area contributed by atoms with E-state index in [1.807, 2.05) is 13.8 Å². The van der Waals surface area contributed by atoms with Gasteiger partial charge in [-0.05, 0) is 39.5 Å². The zero-order valence-electron chi connectivity index (χ0n) is 11.9. The summed E-state index contributed by atoms with van der Waals surface area (Å²) in [6, 6.07) is -0.250. The molecule has 5 nitrogen and oxygen atoms in total. The molecule has 0 unspecified atom stereocenters. The molecule has 2 N–H and O–H groups in total. The van der Waals surface area contributed by atoms with Crippen LogP contribution in [0.1, 0.15) is 47.5 Å². The van der Waals surface area contributed by atoms with Crippen LogP contribution >= 0.6 is 0 Å². The van der Waals surface area contributed by atoms with Crippen molar-refractivity contribution >= 4 is 12.0 Å². The number of hydrogen-bond acceptors (Lipinski definition) is 3. The van der Waals surface area contributed by atoms with Crippen molar-refractivity contribution in [1.82, 2.24) is 10.6 Å². The Morgan fingerprint density at radius 2 is 1.78 bits per heavy atom. The van der Waals surface area contributed by atoms with Crippen molar-refractivity contribution in [3.05, 3.63) is 0 Å². The van der Waals surface area contributed by atoms with E-state index in [2.05, 4.69) is 10.6 Å². The van der Waals surface area contributed by atoms with E-state index < -0.39 is 17.7 Å². The molecule has 1 fully saturated rings. The summed E-state index contributed by atoms with van der Waals surface area (Å²) in [5.41, 5.74) is -0.557. The molecule has 0 radical (unpaired) electrons. The standard InChI is InChI=1S/C13H24N2O3/c1-8(2)10(11(16)14-9-6-7-9)15-12(17)18-13(3,4)5/h8-10H,6-7H2,1-5H3,(H,14,16)(H,15,17)/t10-/m0/s1. The topological polar surface area (TPSA) is 67.4 Å². The van der Waals surface area contributed by atoms with E-state index >= 15 is 0 Å². The maximum atomic E-state index is 12.0. The van der Waals surface area contributed by atoms with Crippen LogP contribution in [0.25, 0.3) is 0 Å². The summed E-state index contributed by atoms with van der Waals surface area (Å²) in [5, 5.41) is 5.53. The molecule has 0 aliphatic heterocycles. The van der Waals surface area contributed by atoms with Gasteiger partial charge < -0.3 is 15.4 Å². The van der Waals surface area contributed by atoms with Gasteiger partial charge in [-0.15, -0.1) is 0 Å². The largest absolute Gasteiger partial charge is 0.444 e. The van der Waals surface area contributed by atoms with Crippen molar-refractivity contribution < 1.29 is 14.3 Å². The Labute approximate surface area is 109 Å². The Bertz CT molecular complexity index is 317. The molecular formula is C13H24N2O3. The maximum Gasteiger partial charge on any atom is 0.408 e. The molecule has 1 aliphatic rings. The smallest absolute Gasteiger partial charge is 0.408 e. The summed E-state index contributed by atoms with van der Waals surface area (Å²) in [4.78, 5) is 23.6. The molecule has 0 saturated heterocycles. The number of carbonyl (C=O) groups is 2. The summed E-state index contributed by atoms with van der Waals surface area (Å²) in [7, 11) is 0. The molecule has 1 aliphatic carbocycles. The molecule has 2 amide bonds. The van der Waals surface area contributed by atoms with Crippen molar-refractivity contribution in [2.45, 2.75) is 65.1 Å². The first-order valence-corrected chi connectivity index (χ1v) is 6.49. The first-order valence-electron chi connectivity index (χ1n) is 6.49. The Hall–Kier alpha value is -1.26. The summed E-state index contributed by atoms with van der Waals surface area (Å²) in [6.07, 6.45) is 1.51. The number of rotatable bonds is 4. The monoisotopic (exact) mass is 256 g/mol. The van der Waals surface area contributed by atoms with Gasteiger partial charge in [0, 0.05) is 6.04 Å². The molecule has 1 rings (SSSR count). The zero-order valence-corrected chi connectivity index (χ0v) is 11.9. The maximum absolute atomic E-state index is 12.0. The van der Waals surface area contributed by atoms with Crippen LogP contribution in [0.2, 0.25) is 0 Å². The van der Waals surface area contributed by atoms with Crippen LogP contribution in [-0.2, 0) is 9.53 Å². The lowest BCUT2D eigenvalue weighted by atomic mass is 10.0. The van der Waals surface area contributed by atoms with Crippen LogP contribution in [0.15, 0.2) is 0 Å². The summed E-state index contributed by atoms with van der Waals surface area (Å²) >= 11 is 0.